The summed E-state index contributed by atoms with van der Waals surface area (Å²) >= 11 is 3.56. The van der Waals surface area contributed by atoms with E-state index < -0.39 is 0 Å². The van der Waals surface area contributed by atoms with Crippen molar-refractivity contribution in [3.8, 4) is 23.3 Å². The summed E-state index contributed by atoms with van der Waals surface area (Å²) in [5, 5.41) is 3.40. The van der Waals surface area contributed by atoms with Crippen LogP contribution in [-0.2, 0) is 0 Å². The van der Waals surface area contributed by atoms with E-state index in [-0.39, 0.29) is 6.04 Å². The fourth-order valence-electron chi connectivity index (χ4n) is 1.89. The molecule has 3 N–H and O–H groups in total. The molecule has 0 aromatic heterocycles. The zero-order valence-electron chi connectivity index (χ0n) is 12.1. The number of hydrogen-bond acceptors (Lipinski definition) is 4. The first-order valence-electron chi connectivity index (χ1n) is 6.42. The van der Waals surface area contributed by atoms with E-state index in [1.54, 1.807) is 14.2 Å². The molecule has 0 spiro atoms. The number of rotatable bonds is 7. The minimum Gasteiger partial charge on any atom is -0.493 e. The van der Waals surface area contributed by atoms with E-state index >= 15 is 0 Å². The van der Waals surface area contributed by atoms with Gasteiger partial charge in [-0.1, -0.05) is 15.9 Å². The summed E-state index contributed by atoms with van der Waals surface area (Å²) < 4.78 is 11.6. The van der Waals surface area contributed by atoms with Crippen molar-refractivity contribution in [1.82, 2.24) is 5.32 Å². The van der Waals surface area contributed by atoms with Crippen LogP contribution < -0.4 is 20.5 Å². The molecule has 4 nitrogen and oxygen atoms in total. The predicted molar refractivity (Wildman–Crippen MR) is 85.1 cm³/mol. The topological polar surface area (TPSA) is 56.5 Å². The quantitative estimate of drug-likeness (QED) is 0.591. The second-order valence-electron chi connectivity index (χ2n) is 4.15. The van der Waals surface area contributed by atoms with Gasteiger partial charge in [-0.3, -0.25) is 0 Å². The molecular weight excluding hydrogens is 320 g/mol. The molecule has 0 aliphatic rings. The maximum atomic E-state index is 5.86. The molecule has 0 saturated heterocycles. The van der Waals surface area contributed by atoms with Crippen molar-refractivity contribution in [2.75, 3.05) is 27.3 Å². The summed E-state index contributed by atoms with van der Waals surface area (Å²) in [6.45, 7) is 3.13. The van der Waals surface area contributed by atoms with Crippen LogP contribution in [0.2, 0.25) is 0 Å². The zero-order valence-corrected chi connectivity index (χ0v) is 13.7. The van der Waals surface area contributed by atoms with Gasteiger partial charge in [0.15, 0.2) is 11.5 Å². The smallest absolute Gasteiger partial charge is 0.161 e. The second-order valence-corrected chi connectivity index (χ2v) is 5.00. The van der Waals surface area contributed by atoms with E-state index in [1.807, 2.05) is 19.1 Å². The predicted octanol–water partition coefficient (Wildman–Crippen LogP) is 2.47. The van der Waals surface area contributed by atoms with Crippen molar-refractivity contribution in [1.29, 1.82) is 0 Å². The minimum atomic E-state index is 0.0443. The first-order chi connectivity index (χ1) is 9.67. The van der Waals surface area contributed by atoms with Gasteiger partial charge < -0.3 is 20.5 Å². The average molecular weight is 341 g/mol. The molecular formula is C15H21BrN2O2. The van der Waals surface area contributed by atoms with Crippen LogP contribution >= 0.6 is 15.9 Å². The van der Waals surface area contributed by atoms with Gasteiger partial charge in [0, 0.05) is 30.0 Å². The molecule has 0 bridgehead atoms. The second kappa shape index (κ2) is 8.85. The molecule has 0 heterocycles. The molecule has 1 rings (SSSR count). The molecule has 0 amide bonds. The van der Waals surface area contributed by atoms with Crippen LogP contribution in [0.4, 0.5) is 0 Å². The van der Waals surface area contributed by atoms with E-state index in [2.05, 4.69) is 33.1 Å². The molecule has 1 atom stereocenters. The van der Waals surface area contributed by atoms with E-state index in [0.29, 0.717) is 18.0 Å². The first-order valence-corrected chi connectivity index (χ1v) is 7.21. The summed E-state index contributed by atoms with van der Waals surface area (Å²) in [4.78, 5) is 0. The standard InChI is InChI=1S/C15H21BrN2O2/c1-4-5-6-7-18-13(10-17)11-8-14(19-2)15(20-3)9-12(11)16/h8-9,13,18H,6-7,10,17H2,1-3H3. The summed E-state index contributed by atoms with van der Waals surface area (Å²) in [5.74, 6) is 7.29. The fourth-order valence-corrected chi connectivity index (χ4v) is 2.49. The number of halogens is 1. The van der Waals surface area contributed by atoms with Crippen molar-refractivity contribution in [3.05, 3.63) is 22.2 Å². The summed E-state index contributed by atoms with van der Waals surface area (Å²) in [7, 11) is 3.24. The van der Waals surface area contributed by atoms with E-state index in [0.717, 1.165) is 23.0 Å². The Balaban J connectivity index is 2.92. The number of ether oxygens (including phenoxy) is 2. The van der Waals surface area contributed by atoms with E-state index in [9.17, 15) is 0 Å². The van der Waals surface area contributed by atoms with Gasteiger partial charge in [-0.25, -0.2) is 0 Å². The highest BCUT2D eigenvalue weighted by atomic mass is 79.9. The molecule has 20 heavy (non-hydrogen) atoms. The maximum absolute atomic E-state index is 5.86. The fraction of sp³-hybridized carbons (Fsp3) is 0.467. The Morgan fingerprint density at radius 2 is 1.95 bits per heavy atom. The molecule has 0 fully saturated rings. The highest BCUT2D eigenvalue weighted by Crippen LogP contribution is 2.35. The van der Waals surface area contributed by atoms with E-state index in [4.69, 9.17) is 15.2 Å². The third kappa shape index (κ3) is 4.41. The van der Waals surface area contributed by atoms with Gasteiger partial charge in [-0.15, -0.1) is 11.8 Å². The Bertz CT molecular complexity index is 495. The number of benzene rings is 1. The lowest BCUT2D eigenvalue weighted by Crippen LogP contribution is -2.29. The van der Waals surface area contributed by atoms with Crippen LogP contribution in [-0.4, -0.2) is 27.3 Å². The van der Waals surface area contributed by atoms with Crippen molar-refractivity contribution in [3.63, 3.8) is 0 Å². The summed E-state index contributed by atoms with van der Waals surface area (Å²) in [6, 6.07) is 3.88. The summed E-state index contributed by atoms with van der Waals surface area (Å²) in [5.41, 5.74) is 6.91. The number of nitrogens with two attached hydrogens (primary N) is 1. The van der Waals surface area contributed by atoms with Crippen LogP contribution in [0.1, 0.15) is 24.9 Å². The van der Waals surface area contributed by atoms with Crippen LogP contribution in [0.3, 0.4) is 0 Å². The molecule has 0 radical (unpaired) electrons. The van der Waals surface area contributed by atoms with Gasteiger partial charge in [-0.2, -0.15) is 0 Å². The highest BCUT2D eigenvalue weighted by Gasteiger charge is 2.16. The average Bonchev–Trinajstić information content (AvgIpc) is 2.47. The largest absolute Gasteiger partial charge is 0.493 e. The van der Waals surface area contributed by atoms with Crippen LogP contribution in [0.5, 0.6) is 11.5 Å². The Labute approximate surface area is 129 Å². The van der Waals surface area contributed by atoms with Crippen molar-refractivity contribution < 1.29 is 9.47 Å². The Morgan fingerprint density at radius 3 is 2.50 bits per heavy atom. The van der Waals surface area contributed by atoms with Crippen LogP contribution in [0.25, 0.3) is 0 Å². The summed E-state index contributed by atoms with van der Waals surface area (Å²) in [6.07, 6.45) is 0.803. The molecule has 1 aromatic carbocycles. The lowest BCUT2D eigenvalue weighted by Gasteiger charge is -2.20. The third-order valence-corrected chi connectivity index (χ3v) is 3.62. The number of hydrogen-bond donors (Lipinski definition) is 2. The van der Waals surface area contributed by atoms with Crippen molar-refractivity contribution in [2.24, 2.45) is 5.73 Å². The highest BCUT2D eigenvalue weighted by molar-refractivity contribution is 9.10. The number of methoxy groups -OCH3 is 2. The Morgan fingerprint density at radius 1 is 1.30 bits per heavy atom. The lowest BCUT2D eigenvalue weighted by atomic mass is 10.1. The molecule has 1 unspecified atom stereocenters. The van der Waals surface area contributed by atoms with Gasteiger partial charge in [0.1, 0.15) is 0 Å². The third-order valence-electron chi connectivity index (χ3n) is 2.93. The first kappa shape index (κ1) is 16.8. The Kier molecular flexibility index (Phi) is 7.45. The molecule has 110 valence electrons. The van der Waals surface area contributed by atoms with Gasteiger partial charge in [0.25, 0.3) is 0 Å². The maximum Gasteiger partial charge on any atom is 0.161 e. The van der Waals surface area contributed by atoms with Gasteiger partial charge in [0.2, 0.25) is 0 Å². The van der Waals surface area contributed by atoms with Gasteiger partial charge in [-0.05, 0) is 24.6 Å². The van der Waals surface area contributed by atoms with E-state index in [1.165, 1.54) is 0 Å². The van der Waals surface area contributed by atoms with Crippen molar-refractivity contribution >= 4 is 15.9 Å². The van der Waals surface area contributed by atoms with Crippen molar-refractivity contribution in [2.45, 2.75) is 19.4 Å². The lowest BCUT2D eigenvalue weighted by molar-refractivity contribution is 0.353. The molecule has 5 heteroatoms. The SMILES string of the molecule is CC#CCCNC(CN)c1cc(OC)c(OC)cc1Br. The zero-order chi connectivity index (χ0) is 15.0. The molecule has 0 saturated carbocycles. The van der Waals surface area contributed by atoms with Gasteiger partial charge >= 0.3 is 0 Å². The Hall–Kier alpha value is -1.22. The monoisotopic (exact) mass is 340 g/mol. The molecule has 1 aromatic rings. The van der Waals surface area contributed by atoms with Gasteiger partial charge in [0.05, 0.1) is 14.2 Å². The number of nitrogens with one attached hydrogen (secondary N) is 1. The molecule has 0 aliphatic carbocycles. The molecule has 0 aliphatic heterocycles. The normalized spacial score (nSPS) is 11.4. The van der Waals surface area contributed by atoms with Crippen LogP contribution in [0, 0.1) is 11.8 Å². The van der Waals surface area contributed by atoms with Crippen LogP contribution in [0.15, 0.2) is 16.6 Å². The minimum absolute atomic E-state index is 0.0443.